The number of nitrogens with one attached hydrogen (secondary N) is 8. The number of nitrogens with zero attached hydrogens (tertiary/aromatic N) is 5. The van der Waals surface area contributed by atoms with Gasteiger partial charge < -0.3 is 64.2 Å². The first-order chi connectivity index (χ1) is 38.6. The van der Waals surface area contributed by atoms with Crippen molar-refractivity contribution in [1.82, 2.24) is 56.7 Å². The molecule has 3 aromatic carbocycles. The van der Waals surface area contributed by atoms with Gasteiger partial charge in [-0.15, -0.1) is 0 Å². The van der Waals surface area contributed by atoms with Gasteiger partial charge in [0.1, 0.15) is 23.2 Å². The van der Waals surface area contributed by atoms with E-state index < -0.39 is 99.9 Å². The maximum Gasteiger partial charge on any atom is 0.326 e. The molecule has 1 unspecified atom stereocenters. The molecule has 0 saturated carbocycles. The molecule has 5 aromatic rings. The van der Waals surface area contributed by atoms with Gasteiger partial charge in [-0.2, -0.15) is 18.4 Å². The first kappa shape index (κ1) is 60.5. The second-order valence-corrected chi connectivity index (χ2v) is 19.5. The minimum atomic E-state index is -5.07. The third-order valence-electron chi connectivity index (χ3n) is 12.0. The lowest BCUT2D eigenvalue weighted by Crippen LogP contribution is -2.52. The minimum absolute atomic E-state index is 0.000281. The number of rotatable bonds is 30. The fourth-order valence-electron chi connectivity index (χ4n) is 7.88. The largest absolute Gasteiger partial charge is 0.480 e. The van der Waals surface area contributed by atoms with Crippen molar-refractivity contribution < 1.29 is 66.3 Å². The van der Waals surface area contributed by atoms with Gasteiger partial charge in [0, 0.05) is 55.0 Å². The van der Waals surface area contributed by atoms with Crippen molar-refractivity contribution in [2.75, 3.05) is 54.8 Å². The maximum absolute atomic E-state index is 13.4. The molecule has 6 rings (SSSR count). The van der Waals surface area contributed by atoms with E-state index in [1.54, 1.807) is 42.5 Å². The number of carboxylic acid groups (broad SMARTS) is 1. The summed E-state index contributed by atoms with van der Waals surface area (Å²) in [5, 5.41) is 41.0. The number of carboxylic acids is 1. The predicted molar refractivity (Wildman–Crippen MR) is 289 cm³/mol. The van der Waals surface area contributed by atoms with E-state index in [-0.39, 0.29) is 91.3 Å². The molecule has 0 spiro atoms. The van der Waals surface area contributed by atoms with Gasteiger partial charge in [0.15, 0.2) is 17.0 Å². The third-order valence-corrected chi connectivity index (χ3v) is 12.9. The van der Waals surface area contributed by atoms with Gasteiger partial charge in [-0.1, -0.05) is 36.8 Å². The Morgan fingerprint density at radius 3 is 2.11 bits per heavy atom. The number of aliphatic carboxylic acids is 1. The van der Waals surface area contributed by atoms with Gasteiger partial charge in [0.05, 0.1) is 43.6 Å². The number of carbonyl (C=O) groups is 9. The number of anilines is 4. The quantitative estimate of drug-likeness (QED) is 0.0115. The van der Waals surface area contributed by atoms with Crippen LogP contribution in [0.25, 0.3) is 11.2 Å². The summed E-state index contributed by atoms with van der Waals surface area (Å²) in [5.74, 6) is -6.40. The van der Waals surface area contributed by atoms with Crippen LogP contribution in [0.5, 0.6) is 0 Å². The zero-order chi connectivity index (χ0) is 58.6. The topological polar surface area (TPSA) is 452 Å². The number of carbonyl (C=O) groups excluding carboxylic acids is 8. The van der Waals surface area contributed by atoms with E-state index in [2.05, 4.69) is 62.5 Å². The molecule has 3 atom stereocenters. The molecule has 0 fully saturated rings. The molecule has 8 amide bonds. The molecule has 30 heteroatoms. The lowest BCUT2D eigenvalue weighted by molar-refractivity contribution is -0.139. The highest BCUT2D eigenvalue weighted by molar-refractivity contribution is 7.86. The summed E-state index contributed by atoms with van der Waals surface area (Å²) in [4.78, 5) is 129. The molecule has 2 aromatic heterocycles. The van der Waals surface area contributed by atoms with Crippen molar-refractivity contribution in [2.45, 2.75) is 74.7 Å². The Bertz CT molecular complexity index is 3280. The number of aliphatic hydroxyl groups excluding tert-OH is 1. The summed E-state index contributed by atoms with van der Waals surface area (Å²) in [7, 11) is -5.07. The van der Waals surface area contributed by atoms with E-state index in [1.165, 1.54) is 36.5 Å². The van der Waals surface area contributed by atoms with Crippen LogP contribution in [0.2, 0.25) is 0 Å². The number of fused-ring (bicyclic) bond motifs is 1. The van der Waals surface area contributed by atoms with Gasteiger partial charge in [0.25, 0.3) is 33.7 Å². The van der Waals surface area contributed by atoms with Crippen molar-refractivity contribution in [2.24, 2.45) is 0 Å². The number of unbranched alkanes of at least 4 members (excludes halogenated alkanes) is 2. The third kappa shape index (κ3) is 18.7. The van der Waals surface area contributed by atoms with Gasteiger partial charge in [-0.3, -0.25) is 47.8 Å². The number of benzene rings is 3. The normalized spacial score (nSPS) is 13.1. The Morgan fingerprint density at radius 1 is 0.716 bits per heavy atom. The zero-order valence-corrected chi connectivity index (χ0v) is 44.0. The molecule has 0 aliphatic carbocycles. The molecule has 428 valence electrons. The van der Waals surface area contributed by atoms with Gasteiger partial charge >= 0.3 is 5.97 Å². The first-order valence-electron chi connectivity index (χ1n) is 25.1. The molecular weight excluding hydrogens is 1080 g/mol. The average Bonchev–Trinajstić information content (AvgIpc) is 3.95. The fraction of sp³-hybridized carbons (Fsp3) is 0.314. The van der Waals surface area contributed by atoms with Crippen molar-refractivity contribution in [3.8, 4) is 0 Å². The van der Waals surface area contributed by atoms with Crippen molar-refractivity contribution in [3.05, 3.63) is 114 Å². The highest BCUT2D eigenvalue weighted by Crippen LogP contribution is 2.22. The number of amides is 8. The summed E-state index contributed by atoms with van der Waals surface area (Å²) in [5.41, 5.74) is 13.3. The van der Waals surface area contributed by atoms with Gasteiger partial charge in [-0.25, -0.2) is 14.8 Å². The number of hydrogen-bond donors (Lipinski definition) is 13. The van der Waals surface area contributed by atoms with Crippen LogP contribution in [0.3, 0.4) is 0 Å². The summed E-state index contributed by atoms with van der Waals surface area (Å²) < 4.78 is 35.0. The highest BCUT2D eigenvalue weighted by Gasteiger charge is 2.26. The van der Waals surface area contributed by atoms with Crippen LogP contribution >= 0.6 is 0 Å². The number of aromatic nitrogens is 4. The Kier molecular flexibility index (Phi) is 21.5. The molecule has 3 heterocycles. The maximum atomic E-state index is 13.4. The molecule has 15 N–H and O–H groups in total. The van der Waals surface area contributed by atoms with E-state index in [1.807, 2.05) is 0 Å². The predicted octanol–water partition coefficient (Wildman–Crippen LogP) is -0.872. The molecule has 1 aliphatic rings. The van der Waals surface area contributed by atoms with Crippen molar-refractivity contribution in [3.63, 3.8) is 0 Å². The molecule has 1 aliphatic heterocycles. The highest BCUT2D eigenvalue weighted by atomic mass is 32.2. The number of nitrogen functional groups attached to an aromatic ring is 2. The summed E-state index contributed by atoms with van der Waals surface area (Å²) in [6, 6.07) is 15.2. The van der Waals surface area contributed by atoms with E-state index in [0.29, 0.717) is 36.2 Å². The van der Waals surface area contributed by atoms with Crippen molar-refractivity contribution >= 4 is 97.6 Å². The second kappa shape index (κ2) is 28.8. The Balaban J connectivity index is 0.923. The Labute approximate surface area is 462 Å². The van der Waals surface area contributed by atoms with Crippen LogP contribution < -0.4 is 54.0 Å². The van der Waals surface area contributed by atoms with Crippen LogP contribution in [0.1, 0.15) is 70.5 Å². The van der Waals surface area contributed by atoms with Crippen molar-refractivity contribution in [1.29, 1.82) is 0 Å². The lowest BCUT2D eigenvalue weighted by atomic mass is 10.1. The standard InChI is InChI=1S/C51H59N15O14S/c52-45-44-46(65-51(53)64-45)58-25-33(61-44)24-55-31-14-12-30(13-15-31)47(73)63-35(50(76)77)10-7-20-54-48(74)34-17-16-32(23-37(34)81(78,79)80)60-40(69)28-59-49(75)36(22-29-8-3-1-4-9-29)62-41(70)27-57-39(68)26-56-38(67)11-5-2-6-21-66-42(71)18-19-43(66)72/h1,3-4,8-9,12-19,23,25,35-36,40,55,60,69H,2,5-7,10-11,20-22,24,26-28H2,(H,54,74)(H,56,67)(H,57,68)(H,59,75)(H,62,70)(H,63,73)(H,76,77)(H,78,79,80)(H4,52,53,58,64,65)/t35-,36-,40?/m0/s1. The minimum Gasteiger partial charge on any atom is -0.480 e. The fourth-order valence-corrected chi connectivity index (χ4v) is 8.59. The Morgan fingerprint density at radius 2 is 1.41 bits per heavy atom. The monoisotopic (exact) mass is 1140 g/mol. The van der Waals surface area contributed by atoms with E-state index in [4.69, 9.17) is 11.5 Å². The van der Waals surface area contributed by atoms with Gasteiger partial charge in [0.2, 0.25) is 29.6 Å². The average molecular weight is 1140 g/mol. The van der Waals surface area contributed by atoms with E-state index in [9.17, 15) is 66.3 Å². The van der Waals surface area contributed by atoms with Crippen LogP contribution in [-0.2, 0) is 56.6 Å². The van der Waals surface area contributed by atoms with Gasteiger partial charge in [-0.05, 0) is 73.7 Å². The summed E-state index contributed by atoms with van der Waals surface area (Å²) >= 11 is 0. The molecule has 29 nitrogen and oxygen atoms in total. The summed E-state index contributed by atoms with van der Waals surface area (Å²) in [6.07, 6.45) is 3.66. The van der Waals surface area contributed by atoms with E-state index in [0.717, 1.165) is 17.0 Å². The molecular formula is C51H59N15O14S. The molecule has 0 bridgehead atoms. The van der Waals surface area contributed by atoms with Crippen LogP contribution in [-0.4, -0.2) is 152 Å². The Hall–Kier alpha value is -9.68. The second-order valence-electron chi connectivity index (χ2n) is 18.1. The SMILES string of the molecule is Nc1nc(N)c2nc(CNc3ccc(C(=O)N[C@@H](CCCNC(=O)c4ccc(NC(O)CNC(=O)[C@H](Cc5ccccc5)NC(=O)CNC(=O)CNC(=O)CCCCCN5C(=O)C=CC5=O)cc4S(=O)(=O)O)C(=O)O)cc3)cnc2n1. The number of aliphatic hydroxyl groups is 1. The van der Waals surface area contributed by atoms with E-state index >= 15 is 0 Å². The first-order valence-corrected chi connectivity index (χ1v) is 26.5. The van der Waals surface area contributed by atoms with Crippen LogP contribution in [0.4, 0.5) is 23.1 Å². The number of hydrogen-bond acceptors (Lipinski definition) is 20. The smallest absolute Gasteiger partial charge is 0.326 e. The molecule has 0 saturated heterocycles. The molecule has 0 radical (unpaired) electrons. The molecule has 81 heavy (non-hydrogen) atoms. The number of imide groups is 1. The van der Waals surface area contributed by atoms with Crippen LogP contribution in [0.15, 0.2) is 96.0 Å². The number of nitrogens with two attached hydrogens (primary N) is 2. The summed E-state index contributed by atoms with van der Waals surface area (Å²) in [6.45, 7) is -1.25. The van der Waals surface area contributed by atoms with Crippen LogP contribution in [0, 0.1) is 0 Å². The lowest BCUT2D eigenvalue weighted by Gasteiger charge is -2.21. The zero-order valence-electron chi connectivity index (χ0n) is 43.2.